The zero-order chi connectivity index (χ0) is 15.9. The molecular formula is C9H11F7O2Si. The van der Waals surface area contributed by atoms with Crippen molar-refractivity contribution in [3.63, 3.8) is 0 Å². The van der Waals surface area contributed by atoms with Gasteiger partial charge in [-0.05, 0) is 0 Å². The largest absolute Gasteiger partial charge is 0.439 e. The van der Waals surface area contributed by atoms with E-state index < -0.39 is 43.7 Å². The molecule has 0 atom stereocenters. The van der Waals surface area contributed by atoms with Crippen LogP contribution in [0.3, 0.4) is 0 Å². The van der Waals surface area contributed by atoms with E-state index in [0.29, 0.717) is 0 Å². The summed E-state index contributed by atoms with van der Waals surface area (Å²) in [4.78, 5) is 22.3. The molecule has 0 N–H and O–H groups in total. The second-order valence-electron chi connectivity index (χ2n) is 4.93. The van der Waals surface area contributed by atoms with Crippen molar-refractivity contribution >= 4 is 19.3 Å². The van der Waals surface area contributed by atoms with Gasteiger partial charge in [-0.2, -0.15) is 26.3 Å². The van der Waals surface area contributed by atoms with Crippen LogP contribution in [0.2, 0.25) is 19.6 Å². The second kappa shape index (κ2) is 4.87. The molecule has 0 aromatic heterocycles. The molecule has 0 aromatic carbocycles. The lowest BCUT2D eigenvalue weighted by Crippen LogP contribution is -2.59. The Balaban J connectivity index is 5.48. The minimum Gasteiger partial charge on any atom is -0.305 e. The van der Waals surface area contributed by atoms with Crippen molar-refractivity contribution in [2.75, 3.05) is 0 Å². The Kier molecular flexibility index (Phi) is 4.63. The van der Waals surface area contributed by atoms with E-state index in [1.807, 2.05) is 0 Å². The van der Waals surface area contributed by atoms with Gasteiger partial charge in [-0.1, -0.05) is 19.6 Å². The molecule has 0 radical (unpaired) electrons. The smallest absolute Gasteiger partial charge is 0.305 e. The van der Waals surface area contributed by atoms with E-state index in [4.69, 9.17) is 0 Å². The average Bonchev–Trinajstić information content (AvgIpc) is 2.10. The Bertz CT molecular complexity index is 364. The van der Waals surface area contributed by atoms with Gasteiger partial charge in [0.05, 0.1) is 6.42 Å². The molecule has 2 nitrogen and oxygen atoms in total. The van der Waals surface area contributed by atoms with Crippen LogP contribution in [-0.2, 0) is 9.59 Å². The number of halogens is 7. The third-order valence-electron chi connectivity index (χ3n) is 2.32. The van der Waals surface area contributed by atoms with Crippen molar-refractivity contribution in [1.29, 1.82) is 0 Å². The molecule has 0 amide bonds. The van der Waals surface area contributed by atoms with Crippen molar-refractivity contribution in [1.82, 2.24) is 0 Å². The highest BCUT2D eigenvalue weighted by molar-refractivity contribution is 7.03. The van der Waals surface area contributed by atoms with Crippen LogP contribution in [-0.4, -0.2) is 37.3 Å². The standard InChI is InChI=1S/C9H11F7O2Si/c1-19(2,3)6(18)4-5(17)7(10,8(11,12)13)9(14,15)16/h4H2,1-3H3. The van der Waals surface area contributed by atoms with E-state index in [-0.39, 0.29) is 0 Å². The van der Waals surface area contributed by atoms with Gasteiger partial charge in [0, 0.05) is 0 Å². The highest BCUT2D eigenvalue weighted by Gasteiger charge is 2.76. The van der Waals surface area contributed by atoms with Gasteiger partial charge < -0.3 is 4.79 Å². The highest BCUT2D eigenvalue weighted by atomic mass is 28.3. The van der Waals surface area contributed by atoms with Crippen molar-refractivity contribution in [2.45, 2.75) is 44.1 Å². The summed E-state index contributed by atoms with van der Waals surface area (Å²) in [5, 5.41) is -1.08. The Morgan fingerprint density at radius 3 is 1.37 bits per heavy atom. The first-order valence-electron chi connectivity index (χ1n) is 4.94. The lowest BCUT2D eigenvalue weighted by molar-refractivity contribution is -0.324. The first-order valence-corrected chi connectivity index (χ1v) is 8.44. The van der Waals surface area contributed by atoms with Gasteiger partial charge >= 0.3 is 18.0 Å². The molecule has 10 heteroatoms. The number of hydrogen-bond acceptors (Lipinski definition) is 2. The summed E-state index contributed by atoms with van der Waals surface area (Å²) in [6.45, 7) is 3.97. The molecular weight excluding hydrogens is 301 g/mol. The molecule has 0 spiro atoms. The van der Waals surface area contributed by atoms with Gasteiger partial charge in [-0.25, -0.2) is 4.39 Å². The van der Waals surface area contributed by atoms with Crippen LogP contribution in [0.5, 0.6) is 0 Å². The second-order valence-corrected chi connectivity index (χ2v) is 9.98. The van der Waals surface area contributed by atoms with Gasteiger partial charge in [0.2, 0.25) is 0 Å². The molecule has 0 aliphatic heterocycles. The molecule has 0 saturated heterocycles. The Morgan fingerprint density at radius 1 is 0.842 bits per heavy atom. The zero-order valence-corrected chi connectivity index (χ0v) is 11.2. The van der Waals surface area contributed by atoms with Crippen molar-refractivity contribution in [2.24, 2.45) is 0 Å². The third-order valence-corrected chi connectivity index (χ3v) is 4.17. The SMILES string of the molecule is C[Si](C)(C)C(=O)CC(=O)C(F)(C(F)(F)F)C(F)(F)F. The Labute approximate surface area is 105 Å². The van der Waals surface area contributed by atoms with Crippen molar-refractivity contribution in [3.8, 4) is 0 Å². The predicted molar refractivity (Wildman–Crippen MR) is 53.9 cm³/mol. The topological polar surface area (TPSA) is 34.1 Å². The molecule has 0 aliphatic carbocycles. The van der Waals surface area contributed by atoms with E-state index >= 15 is 0 Å². The summed E-state index contributed by atoms with van der Waals surface area (Å²) in [6.07, 6.45) is -14.6. The number of carbonyl (C=O) groups excluding carboxylic acids is 2. The van der Waals surface area contributed by atoms with Gasteiger partial charge in [0.25, 0.3) is 0 Å². The highest BCUT2D eigenvalue weighted by Crippen LogP contribution is 2.47. The fourth-order valence-corrected chi connectivity index (χ4v) is 1.70. The average molecular weight is 312 g/mol. The molecule has 0 fully saturated rings. The van der Waals surface area contributed by atoms with Crippen LogP contribution >= 0.6 is 0 Å². The minimum atomic E-state index is -6.46. The molecule has 0 rings (SSSR count). The van der Waals surface area contributed by atoms with Crippen LogP contribution in [0, 0.1) is 0 Å². The predicted octanol–water partition coefficient (Wildman–Crippen LogP) is 3.23. The maximum Gasteiger partial charge on any atom is 0.439 e. The van der Waals surface area contributed by atoms with Crippen molar-refractivity contribution in [3.05, 3.63) is 0 Å². The quantitative estimate of drug-likeness (QED) is 0.454. The Hall–Kier alpha value is -0.933. The van der Waals surface area contributed by atoms with Crippen LogP contribution in [0.1, 0.15) is 6.42 Å². The summed E-state index contributed by atoms with van der Waals surface area (Å²) >= 11 is 0. The first-order chi connectivity index (χ1) is 8.05. The zero-order valence-electron chi connectivity index (χ0n) is 10.2. The molecule has 0 bridgehead atoms. The van der Waals surface area contributed by atoms with E-state index in [9.17, 15) is 40.3 Å². The third kappa shape index (κ3) is 3.54. The van der Waals surface area contributed by atoms with Crippen molar-refractivity contribution < 1.29 is 40.3 Å². The number of alkyl halides is 7. The van der Waals surface area contributed by atoms with E-state index in [1.165, 1.54) is 19.6 Å². The van der Waals surface area contributed by atoms with Crippen LogP contribution in [0.4, 0.5) is 30.7 Å². The number of Topliss-reactive ketones (excluding diaryl/α,β-unsaturated/α-hetero) is 1. The normalized spacial score (nSPS) is 14.4. The maximum atomic E-state index is 13.2. The van der Waals surface area contributed by atoms with Gasteiger partial charge in [-0.15, -0.1) is 0 Å². The summed E-state index contributed by atoms with van der Waals surface area (Å²) < 4.78 is 86.3. The van der Waals surface area contributed by atoms with E-state index in [1.54, 1.807) is 0 Å². The summed E-state index contributed by atoms with van der Waals surface area (Å²) in [5.41, 5.74) is -6.00. The summed E-state index contributed by atoms with van der Waals surface area (Å²) in [7, 11) is -2.78. The van der Waals surface area contributed by atoms with Gasteiger partial charge in [0.1, 0.15) is 13.5 Å². The molecule has 0 aromatic rings. The number of rotatable bonds is 4. The van der Waals surface area contributed by atoms with Gasteiger partial charge in [-0.3, -0.25) is 4.79 Å². The lowest BCUT2D eigenvalue weighted by atomic mass is 9.97. The summed E-state index contributed by atoms with van der Waals surface area (Å²) in [5.74, 6) is -2.82. The fraction of sp³-hybridized carbons (Fsp3) is 0.778. The number of hydrogen-bond donors (Lipinski definition) is 0. The van der Waals surface area contributed by atoms with Gasteiger partial charge in [0.15, 0.2) is 5.78 Å². The maximum absolute atomic E-state index is 13.2. The molecule has 0 aliphatic rings. The van der Waals surface area contributed by atoms with E-state index in [2.05, 4.69) is 0 Å². The minimum absolute atomic E-state index is 1.08. The van der Waals surface area contributed by atoms with Crippen LogP contribution in [0.25, 0.3) is 0 Å². The molecule has 0 saturated carbocycles. The summed E-state index contributed by atoms with van der Waals surface area (Å²) in [6, 6.07) is 0. The van der Waals surface area contributed by atoms with Crippen LogP contribution in [0.15, 0.2) is 0 Å². The molecule has 112 valence electrons. The number of ketones is 1. The molecule has 0 unspecified atom stereocenters. The number of carbonyl (C=O) groups is 2. The van der Waals surface area contributed by atoms with Crippen LogP contribution < -0.4 is 0 Å². The monoisotopic (exact) mass is 312 g/mol. The lowest BCUT2D eigenvalue weighted by Gasteiger charge is -2.29. The molecule has 0 heterocycles. The molecule has 19 heavy (non-hydrogen) atoms. The Morgan fingerprint density at radius 2 is 1.16 bits per heavy atom. The van der Waals surface area contributed by atoms with E-state index in [0.717, 1.165) is 0 Å². The fourth-order valence-electron chi connectivity index (χ4n) is 1.01. The first kappa shape index (κ1) is 18.1.